The molecular weight excluding hydrogens is 120 g/mol. The van der Waals surface area contributed by atoms with Gasteiger partial charge in [0.25, 0.3) is 0 Å². The van der Waals surface area contributed by atoms with Gasteiger partial charge in [-0.2, -0.15) is 0 Å². The molecule has 0 bridgehead atoms. The van der Waals surface area contributed by atoms with Gasteiger partial charge in [0.15, 0.2) is 0 Å². The maximum atomic E-state index is 3.81. The summed E-state index contributed by atoms with van der Waals surface area (Å²) in [5.74, 6) is 0. The van der Waals surface area contributed by atoms with Gasteiger partial charge in [0.05, 0.1) is 0 Å². The second kappa shape index (κ2) is 2.70. The molecule has 0 saturated carbocycles. The van der Waals surface area contributed by atoms with Crippen LogP contribution in [0.1, 0.15) is 13.8 Å². The van der Waals surface area contributed by atoms with Gasteiger partial charge in [0.1, 0.15) is 0 Å². The molecule has 0 aliphatic heterocycles. The van der Waals surface area contributed by atoms with Crippen molar-refractivity contribution >= 4 is 12.2 Å². The highest BCUT2D eigenvalue weighted by molar-refractivity contribution is 5.38. The van der Waals surface area contributed by atoms with Gasteiger partial charge in [-0.05, 0) is 24.3 Å². The van der Waals surface area contributed by atoms with Crippen LogP contribution in [0, 0.1) is 0 Å². The molecule has 0 aliphatic carbocycles. The molecule has 52 valence electrons. The first-order valence-electron chi connectivity index (χ1n) is 3.42. The first kappa shape index (κ1) is 7.07. The minimum absolute atomic E-state index is 1.07. The highest BCUT2D eigenvalue weighted by Gasteiger charge is 1.79. The molecule has 1 aromatic carbocycles. The second-order valence-corrected chi connectivity index (χ2v) is 2.70. The van der Waals surface area contributed by atoms with Gasteiger partial charge in [-0.25, -0.2) is 0 Å². The van der Waals surface area contributed by atoms with Crippen LogP contribution in [0.5, 0.6) is 0 Å². The third-order valence-corrected chi connectivity index (χ3v) is 1.53. The van der Waals surface area contributed by atoms with Crippen molar-refractivity contribution in [1.82, 2.24) is 0 Å². The van der Waals surface area contributed by atoms with Gasteiger partial charge in [-0.15, -0.1) is 0 Å². The second-order valence-electron chi connectivity index (χ2n) is 2.70. The summed E-state index contributed by atoms with van der Waals surface area (Å²) >= 11 is 0. The fourth-order valence-corrected chi connectivity index (χ4v) is 0.838. The van der Waals surface area contributed by atoms with E-state index in [1.807, 2.05) is 12.1 Å². The zero-order chi connectivity index (χ0) is 7.56. The normalized spacial score (nSPS) is 9.40. The summed E-state index contributed by atoms with van der Waals surface area (Å²) in [5, 5.41) is 2.37. The van der Waals surface area contributed by atoms with Crippen molar-refractivity contribution in [2.75, 3.05) is 0 Å². The molecule has 0 saturated heterocycles. The average Bonchev–Trinajstić information content (AvgIpc) is 1.88. The number of benzene rings is 1. The van der Waals surface area contributed by atoms with Crippen LogP contribution in [0.3, 0.4) is 0 Å². The van der Waals surface area contributed by atoms with Crippen molar-refractivity contribution in [2.45, 2.75) is 13.8 Å². The van der Waals surface area contributed by atoms with Crippen LogP contribution < -0.4 is 10.4 Å². The number of hydrogen-bond acceptors (Lipinski definition) is 0. The summed E-state index contributed by atoms with van der Waals surface area (Å²) in [5.41, 5.74) is 1.35. The van der Waals surface area contributed by atoms with E-state index < -0.39 is 0 Å². The van der Waals surface area contributed by atoms with E-state index in [0.717, 1.165) is 5.22 Å². The summed E-state index contributed by atoms with van der Waals surface area (Å²) < 4.78 is 0. The fraction of sp³-hybridized carbons (Fsp3) is 0.200. The SMILES string of the molecule is C=c1ccc(=C(C)C)cc1. The highest BCUT2D eigenvalue weighted by atomic mass is 13.8. The Hall–Kier alpha value is -1.04. The third-order valence-electron chi connectivity index (χ3n) is 1.53. The Morgan fingerprint density at radius 2 is 1.60 bits per heavy atom. The van der Waals surface area contributed by atoms with Crippen molar-refractivity contribution in [1.29, 1.82) is 0 Å². The number of hydrogen-bond donors (Lipinski definition) is 0. The van der Waals surface area contributed by atoms with Gasteiger partial charge in [-0.3, -0.25) is 0 Å². The van der Waals surface area contributed by atoms with Gasteiger partial charge in [0.2, 0.25) is 0 Å². The van der Waals surface area contributed by atoms with Crippen LogP contribution in [0.15, 0.2) is 24.3 Å². The third kappa shape index (κ3) is 1.47. The Bertz CT molecular complexity index is 293. The van der Waals surface area contributed by atoms with Crippen molar-refractivity contribution in [2.24, 2.45) is 0 Å². The zero-order valence-corrected chi connectivity index (χ0v) is 6.52. The molecule has 0 spiro atoms. The lowest BCUT2D eigenvalue weighted by Gasteiger charge is -1.88. The molecule has 0 aromatic heterocycles. The molecule has 1 aromatic rings. The lowest BCUT2D eigenvalue weighted by atomic mass is 10.2. The van der Waals surface area contributed by atoms with E-state index in [4.69, 9.17) is 0 Å². The Morgan fingerprint density at radius 3 is 2.00 bits per heavy atom. The molecule has 0 atom stereocenters. The molecular formula is C10H12. The number of rotatable bonds is 0. The lowest BCUT2D eigenvalue weighted by molar-refractivity contribution is 1.47. The molecule has 1 rings (SSSR count). The monoisotopic (exact) mass is 132 g/mol. The van der Waals surface area contributed by atoms with E-state index in [0.29, 0.717) is 0 Å². The van der Waals surface area contributed by atoms with E-state index in [1.165, 1.54) is 10.8 Å². The largest absolute Gasteiger partial charge is 0.0918 e. The van der Waals surface area contributed by atoms with Gasteiger partial charge in [0, 0.05) is 0 Å². The predicted molar refractivity (Wildman–Crippen MR) is 46.0 cm³/mol. The molecule has 0 unspecified atom stereocenters. The van der Waals surface area contributed by atoms with Crippen molar-refractivity contribution < 1.29 is 0 Å². The van der Waals surface area contributed by atoms with Gasteiger partial charge < -0.3 is 0 Å². The molecule has 0 radical (unpaired) electrons. The van der Waals surface area contributed by atoms with Crippen molar-refractivity contribution in [3.05, 3.63) is 34.7 Å². The lowest BCUT2D eigenvalue weighted by Crippen LogP contribution is -2.06. The molecule has 0 fully saturated rings. The Balaban J connectivity index is 3.39. The van der Waals surface area contributed by atoms with Crippen LogP contribution in [0.2, 0.25) is 0 Å². The summed E-state index contributed by atoms with van der Waals surface area (Å²) in [6, 6.07) is 8.25. The molecule has 0 heterocycles. The first-order valence-corrected chi connectivity index (χ1v) is 3.42. The van der Waals surface area contributed by atoms with Crippen LogP contribution in [-0.2, 0) is 0 Å². The quantitative estimate of drug-likeness (QED) is 0.499. The minimum Gasteiger partial charge on any atom is -0.0918 e. The Morgan fingerprint density at radius 1 is 1.10 bits per heavy atom. The van der Waals surface area contributed by atoms with Crippen LogP contribution in [0.4, 0.5) is 0 Å². The molecule has 0 nitrogen and oxygen atoms in total. The summed E-state index contributed by atoms with van der Waals surface area (Å²) in [6.07, 6.45) is 0. The smallest absolute Gasteiger partial charge is 0.0270 e. The average molecular weight is 132 g/mol. The van der Waals surface area contributed by atoms with Crippen LogP contribution in [-0.4, -0.2) is 0 Å². The molecule has 0 amide bonds. The van der Waals surface area contributed by atoms with E-state index in [1.54, 1.807) is 0 Å². The standard InChI is InChI=1S/C10H12/c1-8(2)10-6-4-9(3)5-7-10/h4-7H,3H2,1-2H3. The molecule has 0 aliphatic rings. The molecule has 0 heteroatoms. The van der Waals surface area contributed by atoms with Crippen LogP contribution >= 0.6 is 0 Å². The maximum Gasteiger partial charge on any atom is -0.0270 e. The Kier molecular flexibility index (Phi) is 1.91. The summed E-state index contributed by atoms with van der Waals surface area (Å²) in [7, 11) is 0. The minimum atomic E-state index is 1.07. The zero-order valence-electron chi connectivity index (χ0n) is 6.52. The summed E-state index contributed by atoms with van der Waals surface area (Å²) in [6.45, 7) is 8.03. The highest BCUT2D eigenvalue weighted by Crippen LogP contribution is 1.83. The molecule has 10 heavy (non-hydrogen) atoms. The van der Waals surface area contributed by atoms with Crippen LogP contribution in [0.25, 0.3) is 12.2 Å². The van der Waals surface area contributed by atoms with E-state index >= 15 is 0 Å². The fourth-order valence-electron chi connectivity index (χ4n) is 0.838. The van der Waals surface area contributed by atoms with Crippen molar-refractivity contribution in [3.8, 4) is 0 Å². The van der Waals surface area contributed by atoms with E-state index in [9.17, 15) is 0 Å². The van der Waals surface area contributed by atoms with E-state index in [2.05, 4.69) is 32.6 Å². The predicted octanol–water partition coefficient (Wildman–Crippen LogP) is 1.29. The Labute approximate surface area is 61.5 Å². The first-order chi connectivity index (χ1) is 4.70. The molecule has 0 N–H and O–H groups in total. The maximum absolute atomic E-state index is 3.81. The topological polar surface area (TPSA) is 0 Å². The van der Waals surface area contributed by atoms with Gasteiger partial charge in [-0.1, -0.05) is 36.4 Å². The van der Waals surface area contributed by atoms with Crippen molar-refractivity contribution in [3.63, 3.8) is 0 Å². The van der Waals surface area contributed by atoms with E-state index in [-0.39, 0.29) is 0 Å². The van der Waals surface area contributed by atoms with Gasteiger partial charge >= 0.3 is 0 Å². The summed E-state index contributed by atoms with van der Waals surface area (Å²) in [4.78, 5) is 0.